The summed E-state index contributed by atoms with van der Waals surface area (Å²) in [5.41, 5.74) is 2.54. The normalized spacial score (nSPS) is 22.2. The average Bonchev–Trinajstić information content (AvgIpc) is 3.46. The second-order valence-electron chi connectivity index (χ2n) is 9.51. The van der Waals surface area contributed by atoms with Gasteiger partial charge in [-0.3, -0.25) is 19.3 Å². The van der Waals surface area contributed by atoms with Crippen LogP contribution in [0.2, 0.25) is 0 Å². The van der Waals surface area contributed by atoms with Crippen molar-refractivity contribution in [3.8, 4) is 11.1 Å². The molecular weight excluding hydrogens is 443 g/mol. The number of hydrogen-bond donors (Lipinski definition) is 0. The van der Waals surface area contributed by atoms with Gasteiger partial charge < -0.3 is 4.90 Å². The Labute approximate surface area is 204 Å². The monoisotopic (exact) mass is 470 g/mol. The first-order valence-electron chi connectivity index (χ1n) is 11.9. The minimum Gasteiger partial charge on any atom is -0.342 e. The molecule has 3 aromatic rings. The van der Waals surface area contributed by atoms with E-state index in [2.05, 4.69) is 0 Å². The Morgan fingerprint density at radius 3 is 2.23 bits per heavy atom. The Kier molecular flexibility index (Phi) is 5.97. The van der Waals surface area contributed by atoms with Gasteiger partial charge in [-0.05, 0) is 40.8 Å². The molecular formula is C29H27FN2O3. The number of rotatable bonds is 5. The zero-order valence-corrected chi connectivity index (χ0v) is 19.6. The first kappa shape index (κ1) is 23.0. The topological polar surface area (TPSA) is 57.7 Å². The molecule has 2 aliphatic heterocycles. The minimum atomic E-state index is -1.20. The number of likely N-dealkylation sites (N-methyl/N-ethyl adjacent to an activating group) is 1. The average molecular weight is 471 g/mol. The molecule has 0 N–H and O–H groups in total. The quantitative estimate of drug-likeness (QED) is 0.515. The number of carbonyl (C=O) groups is 3. The Balaban J connectivity index is 1.39. The molecule has 0 aromatic heterocycles. The molecule has 0 aliphatic carbocycles. The van der Waals surface area contributed by atoms with Gasteiger partial charge in [0, 0.05) is 38.9 Å². The zero-order chi connectivity index (χ0) is 24.6. The number of imide groups is 1. The van der Waals surface area contributed by atoms with Crippen molar-refractivity contribution in [2.24, 2.45) is 0 Å². The van der Waals surface area contributed by atoms with Crippen LogP contribution in [0.15, 0.2) is 78.9 Å². The number of carbonyl (C=O) groups excluding carboxylic acids is 3. The predicted molar refractivity (Wildman–Crippen MR) is 131 cm³/mol. The molecule has 2 saturated heterocycles. The molecule has 5 rings (SSSR count). The Morgan fingerprint density at radius 2 is 1.60 bits per heavy atom. The molecule has 3 aromatic carbocycles. The van der Waals surface area contributed by atoms with E-state index in [0.717, 1.165) is 28.0 Å². The van der Waals surface area contributed by atoms with Crippen LogP contribution in [0.3, 0.4) is 0 Å². The van der Waals surface area contributed by atoms with Crippen LogP contribution in [0.5, 0.6) is 0 Å². The number of nitrogens with zero attached hydrogens (tertiary/aromatic N) is 2. The number of benzene rings is 3. The highest BCUT2D eigenvalue weighted by Crippen LogP contribution is 2.41. The second-order valence-corrected chi connectivity index (χ2v) is 9.51. The maximum Gasteiger partial charge on any atom is 0.240 e. The molecule has 2 fully saturated rings. The molecule has 2 aliphatic rings. The lowest BCUT2D eigenvalue weighted by Gasteiger charge is -2.29. The van der Waals surface area contributed by atoms with E-state index in [-0.39, 0.29) is 42.3 Å². The zero-order valence-electron chi connectivity index (χ0n) is 19.6. The van der Waals surface area contributed by atoms with E-state index in [1.807, 2.05) is 54.6 Å². The molecule has 0 unspecified atom stereocenters. The van der Waals surface area contributed by atoms with E-state index in [4.69, 9.17) is 0 Å². The van der Waals surface area contributed by atoms with Crippen LogP contribution >= 0.6 is 0 Å². The summed E-state index contributed by atoms with van der Waals surface area (Å²) >= 11 is 0. The van der Waals surface area contributed by atoms with Crippen LogP contribution in [-0.2, 0) is 19.8 Å². The van der Waals surface area contributed by atoms with Crippen molar-refractivity contribution in [2.45, 2.75) is 30.6 Å². The molecule has 6 heteroatoms. The molecule has 178 valence electrons. The lowest BCUT2D eigenvalue weighted by Crippen LogP contribution is -2.42. The van der Waals surface area contributed by atoms with Gasteiger partial charge in [0.05, 0.1) is 5.41 Å². The van der Waals surface area contributed by atoms with Crippen LogP contribution in [-0.4, -0.2) is 47.7 Å². The number of hydrogen-bond acceptors (Lipinski definition) is 3. The van der Waals surface area contributed by atoms with Crippen molar-refractivity contribution in [2.75, 3.05) is 20.1 Å². The molecule has 0 saturated carbocycles. The van der Waals surface area contributed by atoms with Crippen molar-refractivity contribution in [3.05, 3.63) is 95.8 Å². The highest BCUT2D eigenvalue weighted by Gasteiger charge is 2.53. The van der Waals surface area contributed by atoms with E-state index in [9.17, 15) is 18.8 Å². The molecule has 5 nitrogen and oxygen atoms in total. The highest BCUT2D eigenvalue weighted by atomic mass is 19.1. The number of halogens is 1. The van der Waals surface area contributed by atoms with Crippen LogP contribution < -0.4 is 0 Å². The summed E-state index contributed by atoms with van der Waals surface area (Å²) in [5.74, 6) is -0.908. The van der Waals surface area contributed by atoms with E-state index in [0.29, 0.717) is 18.7 Å². The molecule has 2 heterocycles. The van der Waals surface area contributed by atoms with Crippen LogP contribution in [0.4, 0.5) is 4.39 Å². The van der Waals surface area contributed by atoms with Crippen molar-refractivity contribution < 1.29 is 18.8 Å². The van der Waals surface area contributed by atoms with Gasteiger partial charge in [-0.25, -0.2) is 4.39 Å². The fraction of sp³-hybridized carbons (Fsp3) is 0.276. The van der Waals surface area contributed by atoms with Crippen molar-refractivity contribution in [1.82, 2.24) is 9.80 Å². The van der Waals surface area contributed by atoms with E-state index >= 15 is 0 Å². The molecule has 0 radical (unpaired) electrons. The molecule has 2 atom stereocenters. The van der Waals surface area contributed by atoms with E-state index in [1.165, 1.54) is 19.2 Å². The molecule has 35 heavy (non-hydrogen) atoms. The van der Waals surface area contributed by atoms with Gasteiger partial charge in [0.2, 0.25) is 17.7 Å². The highest BCUT2D eigenvalue weighted by molar-refractivity contribution is 6.10. The van der Waals surface area contributed by atoms with Gasteiger partial charge in [0.1, 0.15) is 5.82 Å². The number of amides is 3. The lowest BCUT2D eigenvalue weighted by molar-refractivity contribution is -0.141. The van der Waals surface area contributed by atoms with Crippen molar-refractivity contribution in [3.63, 3.8) is 0 Å². The van der Waals surface area contributed by atoms with Gasteiger partial charge in [-0.2, -0.15) is 0 Å². The summed E-state index contributed by atoms with van der Waals surface area (Å²) in [6, 6.07) is 23.9. The van der Waals surface area contributed by atoms with Crippen molar-refractivity contribution >= 4 is 17.7 Å². The first-order chi connectivity index (χ1) is 16.9. The Bertz CT molecular complexity index is 1260. The maximum atomic E-state index is 13.4. The smallest absolute Gasteiger partial charge is 0.240 e. The summed E-state index contributed by atoms with van der Waals surface area (Å²) in [6.07, 6.45) is 0.708. The third-order valence-corrected chi connectivity index (χ3v) is 7.42. The van der Waals surface area contributed by atoms with Gasteiger partial charge >= 0.3 is 0 Å². The lowest BCUT2D eigenvalue weighted by atomic mass is 9.75. The van der Waals surface area contributed by atoms with Crippen molar-refractivity contribution in [1.29, 1.82) is 0 Å². The number of likely N-dealkylation sites (tertiary alicyclic amines) is 2. The second kappa shape index (κ2) is 9.10. The maximum absolute atomic E-state index is 13.4. The largest absolute Gasteiger partial charge is 0.342 e. The summed E-state index contributed by atoms with van der Waals surface area (Å²) in [7, 11) is 1.48. The van der Waals surface area contributed by atoms with Crippen LogP contribution in [0, 0.1) is 5.82 Å². The summed E-state index contributed by atoms with van der Waals surface area (Å²) < 4.78 is 13.3. The minimum absolute atomic E-state index is 0.0199. The van der Waals surface area contributed by atoms with Gasteiger partial charge in [-0.15, -0.1) is 0 Å². The third-order valence-electron chi connectivity index (χ3n) is 7.42. The Hall–Kier alpha value is -3.80. The molecule has 3 amide bonds. The fourth-order valence-electron chi connectivity index (χ4n) is 5.33. The first-order valence-corrected chi connectivity index (χ1v) is 11.9. The van der Waals surface area contributed by atoms with Gasteiger partial charge in [0.25, 0.3) is 0 Å². The Morgan fingerprint density at radius 1 is 0.943 bits per heavy atom. The summed E-state index contributed by atoms with van der Waals surface area (Å²) in [5, 5.41) is 0. The van der Waals surface area contributed by atoms with Crippen LogP contribution in [0.1, 0.15) is 36.3 Å². The standard InChI is InChI=1S/C29H27FN2O3/c1-31-26(33)17-29(28(31)35,24-11-7-21(8-12-24)20-5-3-2-4-6-20)18-27(34)32-16-15-23(19-32)22-9-13-25(30)14-10-22/h2-14,23H,15-19H2,1H3/t23-,29+/m1/s1. The summed E-state index contributed by atoms with van der Waals surface area (Å²) in [4.78, 5) is 42.3. The fourth-order valence-corrected chi connectivity index (χ4v) is 5.33. The van der Waals surface area contributed by atoms with E-state index < -0.39 is 5.41 Å². The van der Waals surface area contributed by atoms with Gasteiger partial charge in [-0.1, -0.05) is 66.7 Å². The van der Waals surface area contributed by atoms with Crippen LogP contribution in [0.25, 0.3) is 11.1 Å². The third kappa shape index (κ3) is 4.25. The molecule has 0 bridgehead atoms. The van der Waals surface area contributed by atoms with Gasteiger partial charge in [0.15, 0.2) is 0 Å². The predicted octanol–water partition coefficient (Wildman–Crippen LogP) is 4.53. The van der Waals surface area contributed by atoms with E-state index in [1.54, 1.807) is 17.0 Å². The SMILES string of the molecule is CN1C(=O)C[C@](CC(=O)N2CC[C@@H](c3ccc(F)cc3)C2)(c2ccc(-c3ccccc3)cc2)C1=O. The summed E-state index contributed by atoms with van der Waals surface area (Å²) in [6.45, 7) is 1.09. The molecule has 0 spiro atoms.